The standard InChI is InChI=1S/C30H40N6O3.3C2HF3O2/c31-14-17-33-18-20-35(21-19-33)28(37)11-5-6-23-12-15-34(16-13-23)22-29(38)36-26-9-3-1-7-24(26)30(39)32-25-8-2-4-10-27(25)36;3*3-2(4,5)1(6)7/h1-4,7-10,23H,5-6,11-22,31H2,(H,32,39);3*(H,6,7). The second kappa shape index (κ2) is 22.8. The van der Waals surface area contributed by atoms with E-state index in [1.165, 1.54) is 0 Å². The molecule has 0 bridgehead atoms. The number of nitrogens with zero attached hydrogens (tertiary/aromatic N) is 4. The number of nitrogens with one attached hydrogen (secondary N) is 1. The Bertz CT molecular complexity index is 1720. The summed E-state index contributed by atoms with van der Waals surface area (Å²) in [5.41, 5.74) is 8.09. The number of carboxylic acids is 3. The number of carboxylic acid groups (broad SMARTS) is 3. The molecule has 3 aliphatic rings. The number of piperidine rings is 1. The van der Waals surface area contributed by atoms with Crippen LogP contribution in [0.5, 0.6) is 0 Å². The number of carbonyl (C=O) groups is 6. The lowest BCUT2D eigenvalue weighted by molar-refractivity contribution is -0.193. The highest BCUT2D eigenvalue weighted by molar-refractivity contribution is 6.17. The van der Waals surface area contributed by atoms with Gasteiger partial charge in [0.1, 0.15) is 0 Å². The summed E-state index contributed by atoms with van der Waals surface area (Å²) in [6, 6.07) is 14.7. The molecule has 3 aliphatic heterocycles. The summed E-state index contributed by atoms with van der Waals surface area (Å²) in [4.78, 5) is 74.1. The Morgan fingerprint density at radius 3 is 1.62 bits per heavy atom. The molecule has 3 amide bonds. The van der Waals surface area contributed by atoms with Gasteiger partial charge in [0.15, 0.2) is 0 Å². The number of nitrogens with two attached hydrogens (primary N) is 1. The second-order valence-electron chi connectivity index (χ2n) is 13.2. The number of alkyl halides is 9. The van der Waals surface area contributed by atoms with Gasteiger partial charge < -0.3 is 31.3 Å². The normalized spacial score (nSPS) is 16.1. The van der Waals surface area contributed by atoms with E-state index in [2.05, 4.69) is 15.1 Å². The summed E-state index contributed by atoms with van der Waals surface area (Å²) < 4.78 is 95.2. The lowest BCUT2D eigenvalue weighted by Gasteiger charge is -2.35. The predicted molar refractivity (Wildman–Crippen MR) is 194 cm³/mol. The first-order valence-electron chi connectivity index (χ1n) is 18.0. The largest absolute Gasteiger partial charge is 0.490 e. The number of anilines is 3. The summed E-state index contributed by atoms with van der Waals surface area (Å²) in [6.45, 7) is 7.05. The fourth-order valence-corrected chi connectivity index (χ4v) is 6.02. The smallest absolute Gasteiger partial charge is 0.475 e. The number of fused-ring (bicyclic) bond motifs is 2. The summed E-state index contributed by atoms with van der Waals surface area (Å²) >= 11 is 0. The van der Waals surface area contributed by atoms with E-state index in [1.807, 2.05) is 47.4 Å². The van der Waals surface area contributed by atoms with Crippen molar-refractivity contribution < 1.29 is 83.6 Å². The van der Waals surface area contributed by atoms with Crippen molar-refractivity contribution in [2.24, 2.45) is 11.7 Å². The Labute approximate surface area is 336 Å². The molecule has 0 radical (unpaired) electrons. The number of rotatable bonds is 8. The zero-order valence-electron chi connectivity index (χ0n) is 31.7. The van der Waals surface area contributed by atoms with Gasteiger partial charge in [-0.15, -0.1) is 0 Å². The number of aliphatic carboxylic acids is 3. The van der Waals surface area contributed by atoms with Gasteiger partial charge in [-0.3, -0.25) is 29.1 Å². The fourth-order valence-electron chi connectivity index (χ4n) is 6.02. The van der Waals surface area contributed by atoms with Gasteiger partial charge in [0.2, 0.25) is 11.8 Å². The number of benzene rings is 2. The van der Waals surface area contributed by atoms with Crippen molar-refractivity contribution in [3.8, 4) is 0 Å². The number of halogens is 9. The number of hydrogen-bond donors (Lipinski definition) is 5. The molecule has 6 N–H and O–H groups in total. The molecule has 0 aliphatic carbocycles. The number of para-hydroxylation sites is 3. The Balaban J connectivity index is 0.000000485. The molecule has 0 unspecified atom stereocenters. The number of piperazine rings is 1. The van der Waals surface area contributed by atoms with E-state index in [-0.39, 0.29) is 17.7 Å². The molecule has 0 aromatic heterocycles. The molecule has 0 spiro atoms. The number of likely N-dealkylation sites (tertiary alicyclic amines) is 1. The summed E-state index contributed by atoms with van der Waals surface area (Å²) in [5, 5.41) is 24.3. The van der Waals surface area contributed by atoms with E-state index in [0.717, 1.165) is 71.5 Å². The molecule has 334 valence electrons. The van der Waals surface area contributed by atoms with Gasteiger partial charge in [-0.25, -0.2) is 14.4 Å². The summed E-state index contributed by atoms with van der Waals surface area (Å²) in [7, 11) is 0. The van der Waals surface area contributed by atoms with Crippen molar-refractivity contribution >= 4 is 52.7 Å². The van der Waals surface area contributed by atoms with Crippen molar-refractivity contribution in [2.75, 3.05) is 69.1 Å². The number of amides is 3. The molecule has 15 nitrogen and oxygen atoms in total. The quantitative estimate of drug-likeness (QED) is 0.226. The zero-order chi connectivity index (χ0) is 45.4. The van der Waals surface area contributed by atoms with Crippen LogP contribution < -0.4 is 16.0 Å². The third-order valence-electron chi connectivity index (χ3n) is 9.00. The molecular weight excluding hydrogens is 831 g/mol. The SMILES string of the molecule is NCCN1CCN(C(=O)CCCC2CCN(CC(=O)N3c4ccccc4NC(=O)c4ccccc43)CC2)CC1.O=C(O)C(F)(F)F.O=C(O)C(F)(F)F.O=C(O)C(F)(F)F. The van der Waals surface area contributed by atoms with Gasteiger partial charge in [-0.2, -0.15) is 39.5 Å². The van der Waals surface area contributed by atoms with Crippen LogP contribution in [0, 0.1) is 5.92 Å². The van der Waals surface area contributed by atoms with Crippen LogP contribution in [0.1, 0.15) is 42.5 Å². The first-order valence-corrected chi connectivity index (χ1v) is 18.0. The van der Waals surface area contributed by atoms with Crippen molar-refractivity contribution in [1.29, 1.82) is 0 Å². The monoisotopic (exact) mass is 874 g/mol. The molecule has 0 saturated carbocycles. The number of carbonyl (C=O) groups excluding carboxylic acids is 3. The lowest BCUT2D eigenvalue weighted by Crippen LogP contribution is -2.49. The van der Waals surface area contributed by atoms with Crippen LogP contribution in [-0.4, -0.2) is 143 Å². The van der Waals surface area contributed by atoms with Crippen molar-refractivity contribution in [2.45, 2.75) is 50.6 Å². The Kier molecular flexibility index (Phi) is 19.2. The Hall–Kier alpha value is -5.49. The lowest BCUT2D eigenvalue weighted by atomic mass is 9.91. The Morgan fingerprint density at radius 2 is 1.13 bits per heavy atom. The maximum absolute atomic E-state index is 13.7. The third-order valence-corrected chi connectivity index (χ3v) is 9.00. The van der Waals surface area contributed by atoms with Crippen molar-refractivity contribution in [3.05, 3.63) is 54.1 Å². The van der Waals surface area contributed by atoms with E-state index >= 15 is 0 Å². The zero-order valence-corrected chi connectivity index (χ0v) is 31.7. The van der Waals surface area contributed by atoms with E-state index in [9.17, 15) is 53.9 Å². The highest BCUT2D eigenvalue weighted by Gasteiger charge is 2.39. The molecule has 2 saturated heterocycles. The topological polar surface area (TPSA) is 214 Å². The molecule has 60 heavy (non-hydrogen) atoms. The van der Waals surface area contributed by atoms with Crippen LogP contribution in [0.15, 0.2) is 48.5 Å². The highest BCUT2D eigenvalue weighted by atomic mass is 19.4. The molecule has 2 aromatic carbocycles. The maximum atomic E-state index is 13.7. The van der Waals surface area contributed by atoms with Crippen molar-refractivity contribution in [3.63, 3.8) is 0 Å². The average Bonchev–Trinajstić information content (AvgIpc) is 3.29. The number of hydrogen-bond acceptors (Lipinski definition) is 9. The minimum atomic E-state index is -5.08. The highest BCUT2D eigenvalue weighted by Crippen LogP contribution is 2.38. The minimum absolute atomic E-state index is 0.0398. The molecule has 0 atom stereocenters. The molecule has 2 fully saturated rings. The molecule has 5 rings (SSSR count). The molecule has 24 heteroatoms. The van der Waals surface area contributed by atoms with Crippen LogP contribution in [0.2, 0.25) is 0 Å². The molecule has 2 aromatic rings. The minimum Gasteiger partial charge on any atom is -0.475 e. The van der Waals surface area contributed by atoms with Gasteiger partial charge in [0.25, 0.3) is 5.91 Å². The first-order chi connectivity index (χ1) is 27.9. The fraction of sp³-hybridized carbons (Fsp3) is 0.500. The van der Waals surface area contributed by atoms with E-state index in [0.29, 0.717) is 48.1 Å². The van der Waals surface area contributed by atoms with Gasteiger partial charge in [0, 0.05) is 45.7 Å². The van der Waals surface area contributed by atoms with Gasteiger partial charge >= 0.3 is 36.4 Å². The van der Waals surface area contributed by atoms with Crippen LogP contribution in [0.4, 0.5) is 56.6 Å². The van der Waals surface area contributed by atoms with Crippen molar-refractivity contribution in [1.82, 2.24) is 14.7 Å². The second-order valence-corrected chi connectivity index (χ2v) is 13.2. The van der Waals surface area contributed by atoms with E-state index in [1.54, 1.807) is 11.0 Å². The predicted octanol–water partition coefficient (Wildman–Crippen LogP) is 4.80. The average molecular weight is 875 g/mol. The molecule has 3 heterocycles. The van der Waals surface area contributed by atoms with Crippen LogP contribution in [0.25, 0.3) is 0 Å². The van der Waals surface area contributed by atoms with Crippen LogP contribution >= 0.6 is 0 Å². The van der Waals surface area contributed by atoms with Crippen LogP contribution in [-0.2, 0) is 24.0 Å². The van der Waals surface area contributed by atoms with E-state index < -0.39 is 36.4 Å². The molecular formula is C36H43F9N6O9. The summed E-state index contributed by atoms with van der Waals surface area (Å²) in [5.74, 6) is -7.65. The van der Waals surface area contributed by atoms with Gasteiger partial charge in [-0.05, 0) is 69.0 Å². The Morgan fingerprint density at radius 1 is 0.667 bits per heavy atom. The van der Waals surface area contributed by atoms with Gasteiger partial charge in [-0.1, -0.05) is 24.3 Å². The third kappa shape index (κ3) is 16.6. The first kappa shape index (κ1) is 50.7. The summed E-state index contributed by atoms with van der Waals surface area (Å²) in [6.07, 6.45) is -10.6. The van der Waals surface area contributed by atoms with E-state index in [4.69, 9.17) is 35.4 Å². The van der Waals surface area contributed by atoms with Crippen LogP contribution in [0.3, 0.4) is 0 Å². The van der Waals surface area contributed by atoms with Gasteiger partial charge in [0.05, 0.1) is 29.2 Å². The maximum Gasteiger partial charge on any atom is 0.490 e.